The van der Waals surface area contributed by atoms with Crippen molar-refractivity contribution in [1.82, 2.24) is 9.55 Å². The topological polar surface area (TPSA) is 17.8 Å². The van der Waals surface area contributed by atoms with Gasteiger partial charge in [0.15, 0.2) is 0 Å². The summed E-state index contributed by atoms with van der Waals surface area (Å²) in [6.07, 6.45) is 0. The van der Waals surface area contributed by atoms with E-state index in [1.807, 2.05) is 60.7 Å². The predicted molar refractivity (Wildman–Crippen MR) is 85.3 cm³/mol. The summed E-state index contributed by atoms with van der Waals surface area (Å²) in [5.74, 6) is 0.919. The van der Waals surface area contributed by atoms with Gasteiger partial charge in [-0.15, -0.1) is 35.9 Å². The van der Waals surface area contributed by atoms with Crippen LogP contribution in [0.3, 0.4) is 0 Å². The second-order valence-electron chi connectivity index (χ2n) is 4.87. The Morgan fingerprint density at radius 2 is 1.50 bits per heavy atom. The first kappa shape index (κ1) is 14.7. The summed E-state index contributed by atoms with van der Waals surface area (Å²) in [4.78, 5) is 4.79. The Kier molecular flexibility index (Phi) is 4.22. The van der Waals surface area contributed by atoms with Crippen LogP contribution >= 0.6 is 0 Å². The second-order valence-corrected chi connectivity index (χ2v) is 4.87. The molecule has 22 heavy (non-hydrogen) atoms. The fourth-order valence-electron chi connectivity index (χ4n) is 2.58. The number of rotatable bonds is 2. The molecule has 0 N–H and O–H groups in total. The van der Waals surface area contributed by atoms with Crippen molar-refractivity contribution in [2.45, 2.75) is 0 Å². The molecule has 1 heterocycles. The second kappa shape index (κ2) is 6.29. The summed E-state index contributed by atoms with van der Waals surface area (Å²) in [5, 5.41) is 0. The van der Waals surface area contributed by atoms with E-state index in [2.05, 4.69) is 28.8 Å². The van der Waals surface area contributed by atoms with Crippen molar-refractivity contribution in [2.75, 3.05) is 0 Å². The zero-order chi connectivity index (χ0) is 14.1. The molecule has 3 aromatic carbocycles. The molecule has 0 aliphatic heterocycles. The van der Waals surface area contributed by atoms with Crippen molar-refractivity contribution in [3.8, 4) is 17.1 Å². The van der Waals surface area contributed by atoms with E-state index in [9.17, 15) is 0 Å². The van der Waals surface area contributed by atoms with Crippen LogP contribution in [-0.4, -0.2) is 9.55 Å². The largest absolute Gasteiger partial charge is 0.333 e. The van der Waals surface area contributed by atoms with Crippen LogP contribution in [0.4, 0.5) is 0 Å². The molecular weight excluding hydrogens is 451 g/mol. The number of aromatic nitrogens is 2. The molecule has 0 atom stereocenters. The fraction of sp³-hybridized carbons (Fsp3) is 0. The average Bonchev–Trinajstić information content (AvgIpc) is 2.96. The summed E-state index contributed by atoms with van der Waals surface area (Å²) < 4.78 is 2.18. The van der Waals surface area contributed by atoms with Crippen molar-refractivity contribution in [2.24, 2.45) is 0 Å². The number of hydrogen-bond donors (Lipinski definition) is 0. The normalized spacial score (nSPS) is 10.4. The van der Waals surface area contributed by atoms with Crippen LogP contribution < -0.4 is 0 Å². The SMILES string of the molecule is [Pt].[c-]1ccccc1-c1nc2ccccc2n1-c1ccccc1. The Labute approximate surface area is 143 Å². The molecule has 0 saturated carbocycles. The van der Waals surface area contributed by atoms with E-state index in [1.165, 1.54) is 0 Å². The van der Waals surface area contributed by atoms with Gasteiger partial charge in [0.2, 0.25) is 0 Å². The molecule has 1 aromatic heterocycles. The standard InChI is InChI=1S/C19H13N2.Pt/c1-3-9-15(10-4-1)19-20-17-13-7-8-14-18(17)21(19)16-11-5-2-6-12-16;/h1-9,11-14H;/q-1;. The molecule has 0 fully saturated rings. The molecule has 0 amide bonds. The number of benzene rings is 3. The van der Waals surface area contributed by atoms with E-state index < -0.39 is 0 Å². The fourth-order valence-corrected chi connectivity index (χ4v) is 2.58. The average molecular weight is 464 g/mol. The van der Waals surface area contributed by atoms with Gasteiger partial charge in [0.25, 0.3) is 0 Å². The van der Waals surface area contributed by atoms with Crippen LogP contribution in [0.15, 0.2) is 78.9 Å². The summed E-state index contributed by atoms with van der Waals surface area (Å²) in [5.41, 5.74) is 4.21. The van der Waals surface area contributed by atoms with Gasteiger partial charge in [0.05, 0.1) is 16.9 Å². The molecule has 0 aliphatic rings. The first-order chi connectivity index (χ1) is 10.4. The van der Waals surface area contributed by atoms with Gasteiger partial charge in [-0.3, -0.25) is 4.98 Å². The molecule has 0 spiro atoms. The van der Waals surface area contributed by atoms with Crippen molar-refractivity contribution < 1.29 is 21.1 Å². The smallest absolute Gasteiger partial charge is 0.0774 e. The van der Waals surface area contributed by atoms with E-state index in [0.29, 0.717) is 0 Å². The maximum atomic E-state index is 4.79. The number of hydrogen-bond acceptors (Lipinski definition) is 1. The molecule has 0 aliphatic carbocycles. The van der Waals surface area contributed by atoms with E-state index >= 15 is 0 Å². The van der Waals surface area contributed by atoms with Crippen molar-refractivity contribution in [3.05, 3.63) is 84.9 Å². The first-order valence-electron chi connectivity index (χ1n) is 6.93. The molecule has 0 unspecified atom stereocenters. The Morgan fingerprint density at radius 1 is 0.773 bits per heavy atom. The number of imidazole rings is 1. The zero-order valence-electron chi connectivity index (χ0n) is 11.7. The van der Waals surface area contributed by atoms with Crippen LogP contribution in [0.25, 0.3) is 28.1 Å². The van der Waals surface area contributed by atoms with Crippen LogP contribution in [0, 0.1) is 6.07 Å². The molecule has 4 rings (SSSR count). The Balaban J connectivity index is 0.00000144. The van der Waals surface area contributed by atoms with E-state index in [0.717, 1.165) is 28.1 Å². The molecule has 3 heteroatoms. The van der Waals surface area contributed by atoms with Gasteiger partial charge in [-0.05, 0) is 24.3 Å². The van der Waals surface area contributed by atoms with Crippen LogP contribution in [0.2, 0.25) is 0 Å². The third kappa shape index (κ3) is 2.51. The minimum absolute atomic E-state index is 0. The summed E-state index contributed by atoms with van der Waals surface area (Å²) in [6, 6.07) is 29.7. The van der Waals surface area contributed by atoms with Gasteiger partial charge >= 0.3 is 0 Å². The van der Waals surface area contributed by atoms with E-state index in [-0.39, 0.29) is 21.1 Å². The Morgan fingerprint density at radius 3 is 2.27 bits per heavy atom. The van der Waals surface area contributed by atoms with Gasteiger partial charge < -0.3 is 4.57 Å². The summed E-state index contributed by atoms with van der Waals surface area (Å²) in [6.45, 7) is 0. The summed E-state index contributed by atoms with van der Waals surface area (Å²) >= 11 is 0. The first-order valence-corrected chi connectivity index (χ1v) is 6.93. The molecule has 0 radical (unpaired) electrons. The zero-order valence-corrected chi connectivity index (χ0v) is 14.0. The molecule has 0 saturated heterocycles. The number of para-hydroxylation sites is 3. The van der Waals surface area contributed by atoms with Gasteiger partial charge in [-0.1, -0.05) is 30.3 Å². The van der Waals surface area contributed by atoms with E-state index in [1.54, 1.807) is 0 Å². The van der Waals surface area contributed by atoms with Crippen molar-refractivity contribution in [1.29, 1.82) is 0 Å². The minimum atomic E-state index is 0. The molecule has 4 aromatic rings. The van der Waals surface area contributed by atoms with Gasteiger partial charge in [0, 0.05) is 26.8 Å². The number of nitrogens with zero attached hydrogens (tertiary/aromatic N) is 2. The Bertz CT molecular complexity index is 883. The molecular formula is C19H13N2Pt-. The quantitative estimate of drug-likeness (QED) is 0.400. The molecule has 110 valence electrons. The molecule has 0 bridgehead atoms. The number of fused-ring (bicyclic) bond motifs is 1. The minimum Gasteiger partial charge on any atom is -0.333 e. The predicted octanol–water partition coefficient (Wildman–Crippen LogP) is 4.49. The monoisotopic (exact) mass is 464 g/mol. The third-order valence-electron chi connectivity index (χ3n) is 3.53. The van der Waals surface area contributed by atoms with Crippen LogP contribution in [-0.2, 0) is 21.1 Å². The third-order valence-corrected chi connectivity index (χ3v) is 3.53. The summed E-state index contributed by atoms with van der Waals surface area (Å²) in [7, 11) is 0. The maximum absolute atomic E-state index is 4.79. The maximum Gasteiger partial charge on any atom is 0.0774 e. The van der Waals surface area contributed by atoms with E-state index in [4.69, 9.17) is 4.98 Å². The van der Waals surface area contributed by atoms with Crippen molar-refractivity contribution >= 4 is 11.0 Å². The van der Waals surface area contributed by atoms with Crippen molar-refractivity contribution in [3.63, 3.8) is 0 Å². The molecule has 2 nitrogen and oxygen atoms in total. The van der Waals surface area contributed by atoms with Crippen LogP contribution in [0.5, 0.6) is 0 Å². The van der Waals surface area contributed by atoms with Gasteiger partial charge in [-0.25, -0.2) is 0 Å². The van der Waals surface area contributed by atoms with Crippen LogP contribution in [0.1, 0.15) is 0 Å². The van der Waals surface area contributed by atoms with Gasteiger partial charge in [0.1, 0.15) is 0 Å². The Hall–Kier alpha value is -2.18. The van der Waals surface area contributed by atoms with Gasteiger partial charge in [-0.2, -0.15) is 0 Å².